The van der Waals surface area contributed by atoms with Crippen LogP contribution in [0.2, 0.25) is 0 Å². The molecule has 0 aromatic heterocycles. The first-order valence-corrected chi connectivity index (χ1v) is 7.92. The van der Waals surface area contributed by atoms with Gasteiger partial charge in [0.15, 0.2) is 0 Å². The maximum Gasteiger partial charge on any atom is 0.0476 e. The number of hydrogen-bond acceptors (Lipinski definition) is 2. The summed E-state index contributed by atoms with van der Waals surface area (Å²) in [5, 5.41) is 3.76. The molecule has 3 rings (SSSR count). The molecule has 2 fully saturated rings. The molecule has 0 bridgehead atoms. The van der Waals surface area contributed by atoms with Gasteiger partial charge in [0.2, 0.25) is 0 Å². The fourth-order valence-electron chi connectivity index (χ4n) is 3.49. The summed E-state index contributed by atoms with van der Waals surface area (Å²) in [5.74, 6) is 0. The molecule has 2 atom stereocenters. The smallest absolute Gasteiger partial charge is 0.0476 e. The predicted octanol–water partition coefficient (Wildman–Crippen LogP) is 3.35. The highest BCUT2D eigenvalue weighted by molar-refractivity contribution is 5.21. The second kappa shape index (κ2) is 6.06. The lowest BCUT2D eigenvalue weighted by atomic mass is 9.87. The van der Waals surface area contributed by atoms with Crippen LogP contribution in [0.5, 0.6) is 0 Å². The van der Waals surface area contributed by atoms with Gasteiger partial charge in [-0.15, -0.1) is 0 Å². The lowest BCUT2D eigenvalue weighted by Crippen LogP contribution is -2.56. The van der Waals surface area contributed by atoms with Gasteiger partial charge in [-0.1, -0.05) is 50.1 Å². The van der Waals surface area contributed by atoms with Crippen molar-refractivity contribution < 1.29 is 0 Å². The molecular formula is C17H26N2. The number of hydrogen-bond donors (Lipinski definition) is 1. The third-order valence-electron chi connectivity index (χ3n) is 4.80. The van der Waals surface area contributed by atoms with Crippen molar-refractivity contribution in [3.8, 4) is 0 Å². The number of nitrogens with one attached hydrogen (secondary N) is 1. The predicted molar refractivity (Wildman–Crippen MR) is 80.2 cm³/mol. The summed E-state index contributed by atoms with van der Waals surface area (Å²) < 4.78 is 0. The Morgan fingerprint density at radius 3 is 2.63 bits per heavy atom. The number of rotatable bonds is 4. The van der Waals surface area contributed by atoms with E-state index >= 15 is 0 Å². The molecule has 1 N–H and O–H groups in total. The molecule has 0 radical (unpaired) electrons. The molecule has 19 heavy (non-hydrogen) atoms. The van der Waals surface area contributed by atoms with Gasteiger partial charge in [-0.05, 0) is 24.8 Å². The molecular weight excluding hydrogens is 232 g/mol. The Kier molecular flexibility index (Phi) is 4.19. The fourth-order valence-corrected chi connectivity index (χ4v) is 3.49. The molecule has 0 amide bonds. The molecule has 0 spiro atoms. The second-order valence-corrected chi connectivity index (χ2v) is 6.10. The summed E-state index contributed by atoms with van der Waals surface area (Å²) in [6.45, 7) is 4.64. The summed E-state index contributed by atoms with van der Waals surface area (Å²) in [6, 6.07) is 13.2. The number of benzene rings is 1. The van der Waals surface area contributed by atoms with Crippen molar-refractivity contribution in [1.29, 1.82) is 0 Å². The van der Waals surface area contributed by atoms with E-state index < -0.39 is 0 Å². The molecule has 104 valence electrons. The van der Waals surface area contributed by atoms with Gasteiger partial charge in [-0.2, -0.15) is 0 Å². The Bertz CT molecular complexity index is 386. The average Bonchev–Trinajstić information content (AvgIpc) is 2.39. The van der Waals surface area contributed by atoms with Gasteiger partial charge in [-0.3, -0.25) is 4.90 Å². The van der Waals surface area contributed by atoms with Gasteiger partial charge in [0, 0.05) is 31.2 Å². The van der Waals surface area contributed by atoms with E-state index in [-0.39, 0.29) is 0 Å². The van der Waals surface area contributed by atoms with Gasteiger partial charge in [0.05, 0.1) is 0 Å². The molecule has 1 aliphatic heterocycles. The zero-order valence-corrected chi connectivity index (χ0v) is 12.0. The Labute approximate surface area is 117 Å². The van der Waals surface area contributed by atoms with E-state index in [0.717, 1.165) is 12.6 Å². The molecule has 1 aliphatic carbocycles. The quantitative estimate of drug-likeness (QED) is 0.891. The molecule has 2 aliphatic rings. The van der Waals surface area contributed by atoms with E-state index in [2.05, 4.69) is 47.5 Å². The highest BCUT2D eigenvalue weighted by atomic mass is 15.3. The van der Waals surface area contributed by atoms with E-state index in [1.807, 2.05) is 0 Å². The van der Waals surface area contributed by atoms with Crippen LogP contribution >= 0.6 is 0 Å². The van der Waals surface area contributed by atoms with Gasteiger partial charge in [0.25, 0.3) is 0 Å². The fraction of sp³-hybridized carbons (Fsp3) is 0.647. The second-order valence-electron chi connectivity index (χ2n) is 6.10. The number of nitrogens with zero attached hydrogens (tertiary/aromatic N) is 1. The third-order valence-corrected chi connectivity index (χ3v) is 4.80. The topological polar surface area (TPSA) is 15.3 Å². The highest BCUT2D eigenvalue weighted by Gasteiger charge is 2.35. The van der Waals surface area contributed by atoms with Crippen LogP contribution in [-0.2, 0) is 0 Å². The molecule has 2 unspecified atom stereocenters. The van der Waals surface area contributed by atoms with Crippen molar-refractivity contribution >= 4 is 0 Å². The first-order valence-electron chi connectivity index (χ1n) is 7.92. The van der Waals surface area contributed by atoms with E-state index in [4.69, 9.17) is 0 Å². The average molecular weight is 258 g/mol. The van der Waals surface area contributed by atoms with Crippen LogP contribution in [0.1, 0.15) is 50.6 Å². The summed E-state index contributed by atoms with van der Waals surface area (Å²) >= 11 is 0. The minimum atomic E-state index is 0.583. The molecule has 2 heteroatoms. The molecule has 1 saturated heterocycles. The summed E-state index contributed by atoms with van der Waals surface area (Å²) in [4.78, 5) is 2.79. The summed E-state index contributed by atoms with van der Waals surface area (Å²) in [6.07, 6.45) is 6.83. The van der Waals surface area contributed by atoms with Crippen molar-refractivity contribution in [1.82, 2.24) is 10.2 Å². The van der Waals surface area contributed by atoms with Crippen molar-refractivity contribution in [2.24, 2.45) is 0 Å². The van der Waals surface area contributed by atoms with Crippen LogP contribution in [0.15, 0.2) is 30.3 Å². The largest absolute Gasteiger partial charge is 0.311 e. The van der Waals surface area contributed by atoms with Crippen molar-refractivity contribution in [2.75, 3.05) is 13.1 Å². The van der Waals surface area contributed by atoms with Crippen LogP contribution in [0.4, 0.5) is 0 Å². The molecule has 1 aromatic carbocycles. The highest BCUT2D eigenvalue weighted by Crippen LogP contribution is 2.34. The lowest BCUT2D eigenvalue weighted by molar-refractivity contribution is 0.0398. The van der Waals surface area contributed by atoms with Gasteiger partial charge in [0.1, 0.15) is 0 Å². The molecule has 1 heterocycles. The Morgan fingerprint density at radius 1 is 1.21 bits per heavy atom. The van der Waals surface area contributed by atoms with Crippen molar-refractivity contribution in [3.63, 3.8) is 0 Å². The number of piperazine rings is 1. The minimum absolute atomic E-state index is 0.583. The Hall–Kier alpha value is -0.860. The SMILES string of the molecule is CCCC1CN(C2CCC2)C(c2ccccc2)CN1. The van der Waals surface area contributed by atoms with Crippen LogP contribution in [0, 0.1) is 0 Å². The zero-order chi connectivity index (χ0) is 13.1. The van der Waals surface area contributed by atoms with Crippen molar-refractivity contribution in [2.45, 2.75) is 57.2 Å². The van der Waals surface area contributed by atoms with Crippen LogP contribution in [-0.4, -0.2) is 30.1 Å². The molecule has 2 nitrogen and oxygen atoms in total. The van der Waals surface area contributed by atoms with Crippen LogP contribution < -0.4 is 5.32 Å². The third kappa shape index (κ3) is 2.85. The van der Waals surface area contributed by atoms with Gasteiger partial charge in [-0.25, -0.2) is 0 Å². The van der Waals surface area contributed by atoms with Gasteiger partial charge >= 0.3 is 0 Å². The summed E-state index contributed by atoms with van der Waals surface area (Å²) in [5.41, 5.74) is 1.48. The first-order chi connectivity index (χ1) is 9.38. The zero-order valence-electron chi connectivity index (χ0n) is 12.0. The lowest BCUT2D eigenvalue weighted by Gasteiger charge is -2.48. The maximum atomic E-state index is 3.76. The standard InChI is InChI=1S/C17H26N2/c1-2-7-15-13-19(16-10-6-11-16)17(12-18-15)14-8-4-3-5-9-14/h3-5,8-9,15-18H,2,6-7,10-13H2,1H3. The van der Waals surface area contributed by atoms with E-state index in [0.29, 0.717) is 12.1 Å². The molecule has 1 saturated carbocycles. The van der Waals surface area contributed by atoms with Crippen LogP contribution in [0.3, 0.4) is 0 Å². The van der Waals surface area contributed by atoms with Crippen LogP contribution in [0.25, 0.3) is 0 Å². The normalized spacial score (nSPS) is 29.1. The monoisotopic (exact) mass is 258 g/mol. The van der Waals surface area contributed by atoms with E-state index in [1.165, 1.54) is 44.2 Å². The first kappa shape index (κ1) is 13.1. The Balaban J connectivity index is 1.74. The van der Waals surface area contributed by atoms with Gasteiger partial charge < -0.3 is 5.32 Å². The van der Waals surface area contributed by atoms with Crippen molar-refractivity contribution in [3.05, 3.63) is 35.9 Å². The van der Waals surface area contributed by atoms with E-state index in [1.54, 1.807) is 0 Å². The molecule has 1 aromatic rings. The minimum Gasteiger partial charge on any atom is -0.311 e. The Morgan fingerprint density at radius 2 is 2.00 bits per heavy atom. The maximum absolute atomic E-state index is 3.76. The van der Waals surface area contributed by atoms with E-state index in [9.17, 15) is 0 Å². The summed E-state index contributed by atoms with van der Waals surface area (Å²) in [7, 11) is 0.